The first kappa shape index (κ1) is 16.5. The van der Waals surface area contributed by atoms with Gasteiger partial charge in [0.2, 0.25) is 5.76 Å². The molecule has 0 unspecified atom stereocenters. The number of anilines is 1. The minimum absolute atomic E-state index is 0.0596. The Morgan fingerprint density at radius 3 is 2.40 bits per heavy atom. The monoisotopic (exact) mass is 335 g/mol. The molecule has 5 heteroatoms. The first-order chi connectivity index (χ1) is 12.1. The molecule has 0 aliphatic rings. The van der Waals surface area contributed by atoms with Gasteiger partial charge in [0, 0.05) is 11.3 Å². The first-order valence-corrected chi connectivity index (χ1v) is 7.85. The maximum absolute atomic E-state index is 12.4. The third-order valence-electron chi connectivity index (χ3n) is 3.65. The molecule has 0 saturated heterocycles. The summed E-state index contributed by atoms with van der Waals surface area (Å²) in [6.45, 7) is 1.52. The molecule has 25 heavy (non-hydrogen) atoms. The number of para-hydroxylation sites is 1. The van der Waals surface area contributed by atoms with Crippen LogP contribution in [0, 0.1) is 0 Å². The third-order valence-corrected chi connectivity index (χ3v) is 3.65. The zero-order valence-electron chi connectivity index (χ0n) is 13.6. The van der Waals surface area contributed by atoms with Crippen LogP contribution in [0.25, 0.3) is 11.1 Å². The van der Waals surface area contributed by atoms with Gasteiger partial charge in [-0.2, -0.15) is 0 Å². The minimum Gasteiger partial charge on any atom is -0.457 e. The normalized spacial score (nSPS) is 11.6. The number of amides is 1. The molecule has 1 aromatic heterocycles. The number of nitrogens with one attached hydrogen (secondary N) is 1. The van der Waals surface area contributed by atoms with Crippen molar-refractivity contribution in [1.82, 2.24) is 0 Å². The van der Waals surface area contributed by atoms with Crippen LogP contribution in [0.5, 0.6) is 0 Å². The van der Waals surface area contributed by atoms with Crippen LogP contribution >= 0.6 is 0 Å². The Bertz CT molecular complexity index is 856. The number of hydrogen-bond acceptors (Lipinski definition) is 4. The second-order valence-corrected chi connectivity index (χ2v) is 5.43. The van der Waals surface area contributed by atoms with Crippen molar-refractivity contribution in [2.45, 2.75) is 13.0 Å². The summed E-state index contributed by atoms with van der Waals surface area (Å²) in [6, 6.07) is 20.3. The third kappa shape index (κ3) is 3.95. The largest absolute Gasteiger partial charge is 0.457 e. The van der Waals surface area contributed by atoms with Crippen molar-refractivity contribution in [3.8, 4) is 11.1 Å². The number of carbonyl (C=O) groups is 2. The van der Waals surface area contributed by atoms with Crippen LogP contribution in [-0.2, 0) is 9.53 Å². The molecule has 0 bridgehead atoms. The molecule has 3 aromatic rings. The van der Waals surface area contributed by atoms with Crippen LogP contribution in [0.3, 0.4) is 0 Å². The van der Waals surface area contributed by atoms with Gasteiger partial charge in [-0.25, -0.2) is 4.79 Å². The summed E-state index contributed by atoms with van der Waals surface area (Å²) in [7, 11) is 0. The molecule has 0 aliphatic heterocycles. The lowest BCUT2D eigenvalue weighted by atomic mass is 10.0. The Labute approximate surface area is 145 Å². The van der Waals surface area contributed by atoms with E-state index in [2.05, 4.69) is 5.32 Å². The highest BCUT2D eigenvalue weighted by molar-refractivity contribution is 5.99. The van der Waals surface area contributed by atoms with Crippen LogP contribution in [0.1, 0.15) is 17.5 Å². The summed E-state index contributed by atoms with van der Waals surface area (Å²) in [5.74, 6) is -1.03. The van der Waals surface area contributed by atoms with Crippen molar-refractivity contribution in [3.63, 3.8) is 0 Å². The van der Waals surface area contributed by atoms with E-state index in [1.165, 1.54) is 19.3 Å². The van der Waals surface area contributed by atoms with Crippen LogP contribution in [0.15, 0.2) is 77.4 Å². The van der Waals surface area contributed by atoms with Gasteiger partial charge in [-0.3, -0.25) is 4.79 Å². The fourth-order valence-electron chi connectivity index (χ4n) is 2.36. The Hall–Kier alpha value is -3.34. The highest BCUT2D eigenvalue weighted by Gasteiger charge is 2.21. The molecule has 1 atom stereocenters. The number of furan rings is 1. The molecule has 0 fully saturated rings. The molecule has 126 valence electrons. The lowest BCUT2D eigenvalue weighted by Gasteiger charge is -2.15. The van der Waals surface area contributed by atoms with Crippen LogP contribution in [0.2, 0.25) is 0 Å². The maximum Gasteiger partial charge on any atom is 0.374 e. The smallest absolute Gasteiger partial charge is 0.374 e. The van der Waals surface area contributed by atoms with Crippen molar-refractivity contribution in [2.24, 2.45) is 0 Å². The predicted molar refractivity (Wildman–Crippen MR) is 94.1 cm³/mol. The van der Waals surface area contributed by atoms with Crippen molar-refractivity contribution in [2.75, 3.05) is 5.32 Å². The topological polar surface area (TPSA) is 68.5 Å². The fraction of sp³-hybridized carbons (Fsp3) is 0.100. The van der Waals surface area contributed by atoms with Crippen molar-refractivity contribution in [3.05, 3.63) is 78.8 Å². The summed E-state index contributed by atoms with van der Waals surface area (Å²) in [5, 5.41) is 2.81. The average Bonchev–Trinajstić information content (AvgIpc) is 3.17. The first-order valence-electron chi connectivity index (χ1n) is 7.85. The zero-order valence-corrected chi connectivity index (χ0v) is 13.6. The van der Waals surface area contributed by atoms with E-state index in [-0.39, 0.29) is 5.76 Å². The number of carbonyl (C=O) groups excluding carboxylic acids is 2. The van der Waals surface area contributed by atoms with Crippen molar-refractivity contribution < 1.29 is 18.7 Å². The van der Waals surface area contributed by atoms with Gasteiger partial charge in [0.05, 0.1) is 6.26 Å². The van der Waals surface area contributed by atoms with Gasteiger partial charge in [0.1, 0.15) is 0 Å². The molecule has 3 rings (SSSR count). The Kier molecular flexibility index (Phi) is 4.95. The average molecular weight is 335 g/mol. The Morgan fingerprint density at radius 1 is 0.960 bits per heavy atom. The SMILES string of the molecule is C[C@@H](OC(=O)c1ccco1)C(=O)Nc1ccccc1-c1ccccc1. The Balaban J connectivity index is 1.72. The summed E-state index contributed by atoms with van der Waals surface area (Å²) < 4.78 is 10.1. The second kappa shape index (κ2) is 7.49. The number of hydrogen-bond donors (Lipinski definition) is 1. The van der Waals surface area contributed by atoms with E-state index in [4.69, 9.17) is 9.15 Å². The van der Waals surface area contributed by atoms with E-state index in [9.17, 15) is 9.59 Å². The van der Waals surface area contributed by atoms with E-state index in [0.717, 1.165) is 11.1 Å². The van der Waals surface area contributed by atoms with Gasteiger partial charge in [-0.05, 0) is 30.7 Å². The lowest BCUT2D eigenvalue weighted by molar-refractivity contribution is -0.123. The highest BCUT2D eigenvalue weighted by atomic mass is 16.6. The van der Waals surface area contributed by atoms with Crippen molar-refractivity contribution in [1.29, 1.82) is 0 Å². The van der Waals surface area contributed by atoms with Crippen LogP contribution in [0.4, 0.5) is 5.69 Å². The van der Waals surface area contributed by atoms with E-state index in [1.54, 1.807) is 12.1 Å². The summed E-state index contributed by atoms with van der Waals surface area (Å²) in [6.07, 6.45) is 0.415. The summed E-state index contributed by atoms with van der Waals surface area (Å²) in [5.41, 5.74) is 2.53. The molecule has 1 amide bonds. The van der Waals surface area contributed by atoms with Crippen LogP contribution < -0.4 is 5.32 Å². The highest BCUT2D eigenvalue weighted by Crippen LogP contribution is 2.27. The standard InChI is InChI=1S/C20H17NO4/c1-14(25-20(23)18-12-7-13-24-18)19(22)21-17-11-6-5-10-16(17)15-8-3-2-4-9-15/h2-14H,1H3,(H,21,22)/t14-/m1/s1. The van der Waals surface area contributed by atoms with Gasteiger partial charge in [-0.1, -0.05) is 48.5 Å². The Morgan fingerprint density at radius 2 is 1.68 bits per heavy atom. The molecule has 0 aliphatic carbocycles. The van der Waals surface area contributed by atoms with Gasteiger partial charge in [0.25, 0.3) is 5.91 Å². The molecule has 1 heterocycles. The molecule has 0 saturated carbocycles. The van der Waals surface area contributed by atoms with Gasteiger partial charge >= 0.3 is 5.97 Å². The number of esters is 1. The fourth-order valence-corrected chi connectivity index (χ4v) is 2.36. The van der Waals surface area contributed by atoms with E-state index < -0.39 is 18.0 Å². The molecular formula is C20H17NO4. The minimum atomic E-state index is -0.957. The quantitative estimate of drug-likeness (QED) is 0.712. The van der Waals surface area contributed by atoms with Gasteiger partial charge in [0.15, 0.2) is 6.10 Å². The number of rotatable bonds is 5. The summed E-state index contributed by atoms with van der Waals surface area (Å²) in [4.78, 5) is 24.2. The predicted octanol–water partition coefficient (Wildman–Crippen LogP) is 4.13. The summed E-state index contributed by atoms with van der Waals surface area (Å²) >= 11 is 0. The van der Waals surface area contributed by atoms with Crippen molar-refractivity contribution >= 4 is 17.6 Å². The molecule has 2 aromatic carbocycles. The molecule has 0 spiro atoms. The molecular weight excluding hydrogens is 318 g/mol. The second-order valence-electron chi connectivity index (χ2n) is 5.43. The molecule has 0 radical (unpaired) electrons. The van der Waals surface area contributed by atoms with E-state index in [0.29, 0.717) is 5.69 Å². The molecule has 1 N–H and O–H groups in total. The maximum atomic E-state index is 12.4. The number of benzene rings is 2. The molecule has 5 nitrogen and oxygen atoms in total. The van der Waals surface area contributed by atoms with E-state index >= 15 is 0 Å². The lowest BCUT2D eigenvalue weighted by Crippen LogP contribution is -2.30. The zero-order chi connectivity index (χ0) is 17.6. The van der Waals surface area contributed by atoms with Gasteiger partial charge in [-0.15, -0.1) is 0 Å². The van der Waals surface area contributed by atoms with Gasteiger partial charge < -0.3 is 14.5 Å². The van der Waals surface area contributed by atoms with E-state index in [1.807, 2.05) is 48.5 Å². The number of ether oxygens (including phenoxy) is 1. The van der Waals surface area contributed by atoms with Crippen LogP contribution in [-0.4, -0.2) is 18.0 Å².